The summed E-state index contributed by atoms with van der Waals surface area (Å²) in [6.45, 7) is 0.538. The number of hydrogen-bond acceptors (Lipinski definition) is 6. The number of rotatable bonds is 6. The molecule has 0 amide bonds. The van der Waals surface area contributed by atoms with Crippen molar-refractivity contribution in [3.63, 3.8) is 0 Å². The molecule has 100 valence electrons. The Bertz CT molecular complexity index is 559. The minimum absolute atomic E-state index is 0.132. The van der Waals surface area contributed by atoms with Crippen molar-refractivity contribution in [3.05, 3.63) is 39.6 Å². The summed E-state index contributed by atoms with van der Waals surface area (Å²) in [4.78, 5) is 18.2. The van der Waals surface area contributed by atoms with Gasteiger partial charge in [0, 0.05) is 25.2 Å². The van der Waals surface area contributed by atoms with Gasteiger partial charge in [0.1, 0.15) is 12.2 Å². The van der Waals surface area contributed by atoms with Crippen molar-refractivity contribution in [2.75, 3.05) is 11.9 Å². The van der Waals surface area contributed by atoms with Crippen molar-refractivity contribution in [3.8, 4) is 0 Å². The number of nitrogens with zero attached hydrogens (tertiary/aromatic N) is 4. The lowest BCUT2D eigenvalue weighted by molar-refractivity contribution is -0.384. The summed E-state index contributed by atoms with van der Waals surface area (Å²) in [5.74, 6) is 0.993. The molecule has 0 aliphatic carbocycles. The summed E-state index contributed by atoms with van der Waals surface area (Å²) in [7, 11) is 0. The van der Waals surface area contributed by atoms with E-state index in [4.69, 9.17) is 11.6 Å². The molecule has 2 aromatic rings. The van der Waals surface area contributed by atoms with Crippen LogP contribution in [-0.2, 0) is 6.42 Å². The zero-order chi connectivity index (χ0) is 13.7. The zero-order valence-corrected chi connectivity index (χ0v) is 10.6. The molecule has 0 unspecified atom stereocenters. The smallest absolute Gasteiger partial charge is 0.312 e. The lowest BCUT2D eigenvalue weighted by Gasteiger charge is -2.05. The predicted molar refractivity (Wildman–Crippen MR) is 69.1 cm³/mol. The molecule has 9 heteroatoms. The fourth-order valence-corrected chi connectivity index (χ4v) is 1.67. The number of hydrogen-bond donors (Lipinski definition) is 2. The van der Waals surface area contributed by atoms with Crippen LogP contribution in [0.25, 0.3) is 0 Å². The fraction of sp³-hybridized carbons (Fsp3) is 0.300. The largest absolute Gasteiger partial charge is 0.364 e. The summed E-state index contributed by atoms with van der Waals surface area (Å²) in [6, 6.07) is 1.27. The highest BCUT2D eigenvalue weighted by Crippen LogP contribution is 2.24. The van der Waals surface area contributed by atoms with Gasteiger partial charge in [-0.15, -0.1) is 0 Å². The Balaban J connectivity index is 1.90. The highest BCUT2D eigenvalue weighted by atomic mass is 35.5. The highest BCUT2D eigenvalue weighted by Gasteiger charge is 2.15. The fourth-order valence-electron chi connectivity index (χ4n) is 1.52. The van der Waals surface area contributed by atoms with Gasteiger partial charge in [-0.2, -0.15) is 5.10 Å². The van der Waals surface area contributed by atoms with E-state index in [9.17, 15) is 10.1 Å². The van der Waals surface area contributed by atoms with Crippen LogP contribution in [-0.4, -0.2) is 31.6 Å². The lowest BCUT2D eigenvalue weighted by atomic mass is 10.3. The second-order valence-electron chi connectivity index (χ2n) is 3.74. The first-order chi connectivity index (χ1) is 9.16. The summed E-state index contributed by atoms with van der Waals surface area (Å²) < 4.78 is 0. The van der Waals surface area contributed by atoms with Crippen molar-refractivity contribution in [1.29, 1.82) is 0 Å². The van der Waals surface area contributed by atoms with E-state index >= 15 is 0 Å². The third-order valence-corrected chi connectivity index (χ3v) is 2.59. The Kier molecular flexibility index (Phi) is 4.24. The predicted octanol–water partition coefficient (Wildman–Crippen LogP) is 1.81. The summed E-state index contributed by atoms with van der Waals surface area (Å²) >= 11 is 5.68. The molecule has 0 atom stereocenters. The van der Waals surface area contributed by atoms with Gasteiger partial charge >= 0.3 is 5.69 Å². The van der Waals surface area contributed by atoms with Crippen molar-refractivity contribution >= 4 is 23.1 Å². The van der Waals surface area contributed by atoms with Crippen LogP contribution >= 0.6 is 11.6 Å². The Labute approximate surface area is 113 Å². The van der Waals surface area contributed by atoms with Crippen LogP contribution in [0, 0.1) is 10.1 Å². The number of anilines is 1. The molecule has 2 N–H and O–H groups in total. The number of halogens is 1. The van der Waals surface area contributed by atoms with Crippen LogP contribution in [0.4, 0.5) is 11.5 Å². The average Bonchev–Trinajstić information content (AvgIpc) is 2.89. The van der Waals surface area contributed by atoms with Gasteiger partial charge in [0.25, 0.3) is 0 Å². The van der Waals surface area contributed by atoms with Crippen LogP contribution in [0.15, 0.2) is 18.6 Å². The maximum atomic E-state index is 10.8. The molecule has 0 aliphatic heterocycles. The quantitative estimate of drug-likeness (QED) is 0.475. The van der Waals surface area contributed by atoms with Crippen LogP contribution in [0.2, 0.25) is 5.02 Å². The van der Waals surface area contributed by atoms with Crippen molar-refractivity contribution in [1.82, 2.24) is 20.2 Å². The molecule has 0 aliphatic rings. The van der Waals surface area contributed by atoms with Gasteiger partial charge in [0.05, 0.1) is 9.95 Å². The van der Waals surface area contributed by atoms with Gasteiger partial charge in [0.15, 0.2) is 0 Å². The SMILES string of the molecule is O=[N+]([O-])c1cc(Cl)cnc1NCCCc1ncn[nH]1. The molecule has 0 aromatic carbocycles. The molecule has 2 rings (SSSR count). The van der Waals surface area contributed by atoms with E-state index < -0.39 is 4.92 Å². The van der Waals surface area contributed by atoms with Gasteiger partial charge in [-0.1, -0.05) is 11.6 Å². The van der Waals surface area contributed by atoms with Gasteiger partial charge in [-0.25, -0.2) is 9.97 Å². The molecule has 0 bridgehead atoms. The lowest BCUT2D eigenvalue weighted by Crippen LogP contribution is -2.07. The van der Waals surface area contributed by atoms with E-state index in [-0.39, 0.29) is 16.5 Å². The number of nitrogens with one attached hydrogen (secondary N) is 2. The second kappa shape index (κ2) is 6.10. The van der Waals surface area contributed by atoms with E-state index in [1.165, 1.54) is 18.6 Å². The second-order valence-corrected chi connectivity index (χ2v) is 4.18. The van der Waals surface area contributed by atoms with Gasteiger partial charge in [0.2, 0.25) is 5.82 Å². The number of aryl methyl sites for hydroxylation is 1. The van der Waals surface area contributed by atoms with E-state index in [0.29, 0.717) is 13.0 Å². The zero-order valence-electron chi connectivity index (χ0n) is 9.84. The summed E-state index contributed by atoms with van der Waals surface area (Å²) in [5.41, 5.74) is -0.132. The molecule has 0 saturated carbocycles. The topological polar surface area (TPSA) is 110 Å². The maximum Gasteiger partial charge on any atom is 0.312 e. The van der Waals surface area contributed by atoms with Crippen LogP contribution < -0.4 is 5.32 Å². The van der Waals surface area contributed by atoms with Crippen molar-refractivity contribution in [2.45, 2.75) is 12.8 Å². The third kappa shape index (κ3) is 3.62. The summed E-state index contributed by atoms with van der Waals surface area (Å²) in [5, 5.41) is 20.5. The Morgan fingerprint density at radius 2 is 2.32 bits per heavy atom. The van der Waals surface area contributed by atoms with Gasteiger partial charge < -0.3 is 5.32 Å². The summed E-state index contributed by atoms with van der Waals surface area (Å²) in [6.07, 6.45) is 4.26. The Morgan fingerprint density at radius 1 is 1.47 bits per heavy atom. The van der Waals surface area contributed by atoms with E-state index in [1.54, 1.807) is 0 Å². The first-order valence-electron chi connectivity index (χ1n) is 5.55. The van der Waals surface area contributed by atoms with Gasteiger partial charge in [-0.3, -0.25) is 15.2 Å². The number of aromatic nitrogens is 4. The molecular weight excluding hydrogens is 272 g/mol. The monoisotopic (exact) mass is 282 g/mol. The minimum Gasteiger partial charge on any atom is -0.364 e. The third-order valence-electron chi connectivity index (χ3n) is 2.38. The number of nitro groups is 1. The number of aromatic amines is 1. The number of H-pyrrole nitrogens is 1. The van der Waals surface area contributed by atoms with E-state index in [0.717, 1.165) is 12.2 Å². The van der Waals surface area contributed by atoms with Crippen LogP contribution in [0.3, 0.4) is 0 Å². The molecule has 0 radical (unpaired) electrons. The normalized spacial score (nSPS) is 10.4. The van der Waals surface area contributed by atoms with Gasteiger partial charge in [-0.05, 0) is 6.42 Å². The number of pyridine rings is 1. The standard InChI is InChI=1S/C10H11ClN6O2/c11-7-4-8(17(18)19)10(13-5-7)12-3-1-2-9-14-6-15-16-9/h4-6H,1-3H2,(H,12,13)(H,14,15,16). The van der Waals surface area contributed by atoms with Crippen molar-refractivity contribution in [2.24, 2.45) is 0 Å². The Hall–Kier alpha value is -2.22. The molecule has 19 heavy (non-hydrogen) atoms. The molecular formula is C10H11ClN6O2. The molecule has 2 heterocycles. The molecule has 2 aromatic heterocycles. The highest BCUT2D eigenvalue weighted by molar-refractivity contribution is 6.30. The molecule has 0 saturated heterocycles. The first kappa shape index (κ1) is 13.2. The molecule has 0 fully saturated rings. The first-order valence-corrected chi connectivity index (χ1v) is 5.92. The molecule has 8 nitrogen and oxygen atoms in total. The van der Waals surface area contributed by atoms with Crippen LogP contribution in [0.5, 0.6) is 0 Å². The minimum atomic E-state index is -0.516. The van der Waals surface area contributed by atoms with Crippen molar-refractivity contribution < 1.29 is 4.92 Å². The van der Waals surface area contributed by atoms with E-state index in [2.05, 4.69) is 25.5 Å². The Morgan fingerprint density at radius 3 is 3.00 bits per heavy atom. The maximum absolute atomic E-state index is 10.8. The molecule has 0 spiro atoms. The van der Waals surface area contributed by atoms with E-state index in [1.807, 2.05) is 0 Å². The average molecular weight is 283 g/mol. The van der Waals surface area contributed by atoms with Crippen LogP contribution in [0.1, 0.15) is 12.2 Å².